The van der Waals surface area contributed by atoms with Crippen LogP contribution >= 0.6 is 11.6 Å². The summed E-state index contributed by atoms with van der Waals surface area (Å²) in [6.45, 7) is 6.06. The van der Waals surface area contributed by atoms with E-state index in [1.807, 2.05) is 39.0 Å². The van der Waals surface area contributed by atoms with Gasteiger partial charge in [0.1, 0.15) is 5.38 Å². The third kappa shape index (κ3) is 4.85. The predicted octanol–water partition coefficient (Wildman–Crippen LogP) is 2.34. The van der Waals surface area contributed by atoms with Gasteiger partial charge in [-0.3, -0.25) is 9.59 Å². The number of alkyl halides is 1. The van der Waals surface area contributed by atoms with Crippen LogP contribution in [0.15, 0.2) is 30.3 Å². The van der Waals surface area contributed by atoms with Crippen LogP contribution in [0.1, 0.15) is 31.7 Å². The van der Waals surface area contributed by atoms with E-state index in [1.165, 1.54) is 4.90 Å². The van der Waals surface area contributed by atoms with Crippen LogP contribution in [-0.4, -0.2) is 35.8 Å². The Morgan fingerprint density at radius 2 is 1.85 bits per heavy atom. The molecular weight excluding hydrogens is 276 g/mol. The highest BCUT2D eigenvalue weighted by molar-refractivity contribution is 6.30. The Bertz CT molecular complexity index is 448. The fourth-order valence-corrected chi connectivity index (χ4v) is 2.09. The maximum Gasteiger partial charge on any atom is 0.245 e. The highest BCUT2D eigenvalue weighted by Crippen LogP contribution is 2.22. The standard InChI is InChI=1S/C15H21ClN2O2/c1-4-18(10-13(19)17-11(2)3)15(20)14(16)12-8-6-5-7-9-12/h5-9,11,14H,4,10H2,1-3H3,(H,17,19). The molecule has 110 valence electrons. The number of likely N-dealkylation sites (N-methyl/N-ethyl adjacent to an activating group) is 1. The lowest BCUT2D eigenvalue weighted by Gasteiger charge is -2.23. The van der Waals surface area contributed by atoms with Crippen molar-refractivity contribution in [3.8, 4) is 0 Å². The highest BCUT2D eigenvalue weighted by Gasteiger charge is 2.24. The highest BCUT2D eigenvalue weighted by atomic mass is 35.5. The van der Waals surface area contributed by atoms with Gasteiger partial charge in [-0.1, -0.05) is 30.3 Å². The molecule has 1 aromatic carbocycles. The average molecular weight is 297 g/mol. The Morgan fingerprint density at radius 1 is 1.25 bits per heavy atom. The summed E-state index contributed by atoms with van der Waals surface area (Å²) in [6.07, 6.45) is 0. The van der Waals surface area contributed by atoms with Gasteiger partial charge in [-0.2, -0.15) is 0 Å². The summed E-state index contributed by atoms with van der Waals surface area (Å²) >= 11 is 6.20. The summed E-state index contributed by atoms with van der Waals surface area (Å²) in [5.74, 6) is -0.425. The van der Waals surface area contributed by atoms with E-state index in [0.29, 0.717) is 6.54 Å². The number of benzene rings is 1. The Labute approximate surface area is 125 Å². The van der Waals surface area contributed by atoms with Crippen LogP contribution in [0.4, 0.5) is 0 Å². The molecular formula is C15H21ClN2O2. The fraction of sp³-hybridized carbons (Fsp3) is 0.467. The summed E-state index contributed by atoms with van der Waals surface area (Å²) in [4.78, 5) is 25.5. The molecule has 0 radical (unpaired) electrons. The van der Waals surface area contributed by atoms with Crippen LogP contribution in [0.5, 0.6) is 0 Å². The number of hydrogen-bond donors (Lipinski definition) is 1. The smallest absolute Gasteiger partial charge is 0.245 e. The van der Waals surface area contributed by atoms with E-state index in [4.69, 9.17) is 11.6 Å². The van der Waals surface area contributed by atoms with E-state index in [2.05, 4.69) is 5.32 Å². The normalized spacial score (nSPS) is 12.1. The van der Waals surface area contributed by atoms with E-state index in [0.717, 1.165) is 5.56 Å². The van der Waals surface area contributed by atoms with Crippen molar-refractivity contribution in [1.82, 2.24) is 10.2 Å². The minimum atomic E-state index is -0.761. The Kier molecular flexibility index (Phi) is 6.52. The molecule has 0 saturated carbocycles. The second kappa shape index (κ2) is 7.90. The fourth-order valence-electron chi connectivity index (χ4n) is 1.81. The number of nitrogens with zero attached hydrogens (tertiary/aromatic N) is 1. The van der Waals surface area contributed by atoms with Gasteiger partial charge in [-0.25, -0.2) is 0 Å². The Balaban J connectivity index is 2.69. The van der Waals surface area contributed by atoms with Crippen molar-refractivity contribution in [2.24, 2.45) is 0 Å². The quantitative estimate of drug-likeness (QED) is 0.819. The monoisotopic (exact) mass is 296 g/mol. The van der Waals surface area contributed by atoms with Crippen molar-refractivity contribution in [3.05, 3.63) is 35.9 Å². The number of halogens is 1. The van der Waals surface area contributed by atoms with Crippen molar-refractivity contribution >= 4 is 23.4 Å². The van der Waals surface area contributed by atoms with E-state index in [9.17, 15) is 9.59 Å². The number of rotatable bonds is 6. The molecule has 1 unspecified atom stereocenters. The van der Waals surface area contributed by atoms with Crippen molar-refractivity contribution in [3.63, 3.8) is 0 Å². The molecule has 4 nitrogen and oxygen atoms in total. The third-order valence-corrected chi connectivity index (χ3v) is 3.23. The largest absolute Gasteiger partial charge is 0.352 e. The van der Waals surface area contributed by atoms with Crippen LogP contribution in [-0.2, 0) is 9.59 Å². The number of nitrogens with one attached hydrogen (secondary N) is 1. The molecule has 0 aliphatic rings. The third-order valence-electron chi connectivity index (χ3n) is 2.79. The van der Waals surface area contributed by atoms with Crippen LogP contribution in [0.3, 0.4) is 0 Å². The minimum Gasteiger partial charge on any atom is -0.352 e. The van der Waals surface area contributed by atoms with Crippen LogP contribution in [0.25, 0.3) is 0 Å². The Hall–Kier alpha value is -1.55. The molecule has 1 atom stereocenters. The van der Waals surface area contributed by atoms with Crippen LogP contribution < -0.4 is 5.32 Å². The molecule has 0 aliphatic heterocycles. The van der Waals surface area contributed by atoms with Crippen molar-refractivity contribution in [2.75, 3.05) is 13.1 Å². The van der Waals surface area contributed by atoms with Gasteiger partial charge in [0.15, 0.2) is 0 Å². The molecule has 0 bridgehead atoms. The second-order valence-corrected chi connectivity index (χ2v) is 5.28. The molecule has 0 aromatic heterocycles. The van der Waals surface area contributed by atoms with Crippen molar-refractivity contribution in [1.29, 1.82) is 0 Å². The molecule has 0 fully saturated rings. The van der Waals surface area contributed by atoms with Gasteiger partial charge >= 0.3 is 0 Å². The zero-order chi connectivity index (χ0) is 15.1. The molecule has 1 N–H and O–H groups in total. The van der Waals surface area contributed by atoms with Gasteiger partial charge in [0.2, 0.25) is 11.8 Å². The van der Waals surface area contributed by atoms with Gasteiger partial charge in [0, 0.05) is 12.6 Å². The summed E-state index contributed by atoms with van der Waals surface area (Å²) in [7, 11) is 0. The lowest BCUT2D eigenvalue weighted by atomic mass is 10.1. The van der Waals surface area contributed by atoms with E-state index in [-0.39, 0.29) is 24.4 Å². The molecule has 20 heavy (non-hydrogen) atoms. The van der Waals surface area contributed by atoms with Gasteiger partial charge in [0.25, 0.3) is 0 Å². The molecule has 1 aromatic rings. The number of amides is 2. The molecule has 0 saturated heterocycles. The maximum atomic E-state index is 12.3. The maximum absolute atomic E-state index is 12.3. The van der Waals surface area contributed by atoms with Crippen molar-refractivity contribution in [2.45, 2.75) is 32.2 Å². The first-order valence-electron chi connectivity index (χ1n) is 6.72. The number of hydrogen-bond acceptors (Lipinski definition) is 2. The molecule has 2 amide bonds. The van der Waals surface area contributed by atoms with Gasteiger partial charge in [-0.05, 0) is 26.3 Å². The van der Waals surface area contributed by atoms with Crippen LogP contribution in [0.2, 0.25) is 0 Å². The lowest BCUT2D eigenvalue weighted by molar-refractivity contribution is -0.135. The van der Waals surface area contributed by atoms with Crippen molar-refractivity contribution < 1.29 is 9.59 Å². The zero-order valence-corrected chi connectivity index (χ0v) is 12.9. The molecule has 0 spiro atoms. The lowest BCUT2D eigenvalue weighted by Crippen LogP contribution is -2.43. The second-order valence-electron chi connectivity index (χ2n) is 4.85. The van der Waals surface area contributed by atoms with Gasteiger partial charge < -0.3 is 10.2 Å². The zero-order valence-electron chi connectivity index (χ0n) is 12.1. The summed E-state index contributed by atoms with van der Waals surface area (Å²) < 4.78 is 0. The first-order valence-corrected chi connectivity index (χ1v) is 7.16. The van der Waals surface area contributed by atoms with Gasteiger partial charge in [-0.15, -0.1) is 11.6 Å². The van der Waals surface area contributed by atoms with Gasteiger partial charge in [0.05, 0.1) is 6.54 Å². The summed E-state index contributed by atoms with van der Waals surface area (Å²) in [5, 5.41) is 2.00. The summed E-state index contributed by atoms with van der Waals surface area (Å²) in [5.41, 5.74) is 0.738. The molecule has 0 heterocycles. The van der Waals surface area contributed by atoms with E-state index < -0.39 is 5.38 Å². The minimum absolute atomic E-state index is 0.0313. The molecule has 0 aliphatic carbocycles. The SMILES string of the molecule is CCN(CC(=O)NC(C)C)C(=O)C(Cl)c1ccccc1. The van der Waals surface area contributed by atoms with E-state index in [1.54, 1.807) is 12.1 Å². The average Bonchev–Trinajstić information content (AvgIpc) is 2.43. The Morgan fingerprint density at radius 3 is 2.35 bits per heavy atom. The number of carbonyl (C=O) groups is 2. The molecule has 1 rings (SSSR count). The first kappa shape index (κ1) is 16.5. The first-order chi connectivity index (χ1) is 9.45. The number of carbonyl (C=O) groups excluding carboxylic acids is 2. The molecule has 5 heteroatoms. The topological polar surface area (TPSA) is 49.4 Å². The predicted molar refractivity (Wildman–Crippen MR) is 80.6 cm³/mol. The van der Waals surface area contributed by atoms with Crippen LogP contribution in [0, 0.1) is 0 Å². The summed E-state index contributed by atoms with van der Waals surface area (Å²) in [6, 6.07) is 9.19. The van der Waals surface area contributed by atoms with E-state index >= 15 is 0 Å².